The summed E-state index contributed by atoms with van der Waals surface area (Å²) in [5.41, 5.74) is 0. The largest absolute Gasteiger partial charge is 0.397 e. The van der Waals surface area contributed by atoms with Gasteiger partial charge in [-0.15, -0.1) is 0 Å². The molecule has 0 bridgehead atoms. The second kappa shape index (κ2) is 4.42. The first-order valence-corrected chi connectivity index (χ1v) is 5.39. The molecule has 82 valence electrons. The Bertz CT molecular complexity index is 219. The second-order valence-corrected chi connectivity index (χ2v) is 4.86. The smallest absolute Gasteiger partial charge is 0.340 e. The van der Waals surface area contributed by atoms with E-state index < -0.39 is 18.5 Å². The number of thioether (sulfide) groups is 1. The van der Waals surface area contributed by atoms with Gasteiger partial charge < -0.3 is 4.90 Å². The van der Waals surface area contributed by atoms with Crippen LogP contribution in [0.1, 0.15) is 13.3 Å². The highest BCUT2D eigenvalue weighted by Crippen LogP contribution is 2.23. The number of hydrogen-bond donors (Lipinski definition) is 0. The van der Waals surface area contributed by atoms with Crippen LogP contribution in [0.3, 0.4) is 0 Å². The zero-order valence-corrected chi connectivity index (χ0v) is 8.62. The molecule has 0 aromatic heterocycles. The van der Waals surface area contributed by atoms with Crippen LogP contribution in [0.25, 0.3) is 0 Å². The van der Waals surface area contributed by atoms with Crippen molar-refractivity contribution < 1.29 is 18.0 Å². The van der Waals surface area contributed by atoms with E-state index in [-0.39, 0.29) is 5.25 Å². The highest BCUT2D eigenvalue weighted by atomic mass is 32.2. The first-order chi connectivity index (χ1) is 6.38. The van der Waals surface area contributed by atoms with Gasteiger partial charge in [0.1, 0.15) is 6.42 Å². The molecule has 0 N–H and O–H groups in total. The highest BCUT2D eigenvalue weighted by molar-refractivity contribution is 7.99. The third kappa shape index (κ3) is 3.77. The first-order valence-electron chi connectivity index (χ1n) is 4.34. The maximum Gasteiger partial charge on any atom is 0.397 e. The van der Waals surface area contributed by atoms with Crippen LogP contribution >= 0.6 is 11.8 Å². The zero-order chi connectivity index (χ0) is 10.8. The second-order valence-electron chi connectivity index (χ2n) is 3.31. The van der Waals surface area contributed by atoms with Crippen molar-refractivity contribution in [3.05, 3.63) is 0 Å². The topological polar surface area (TPSA) is 20.3 Å². The van der Waals surface area contributed by atoms with E-state index in [1.54, 1.807) is 11.8 Å². The minimum Gasteiger partial charge on any atom is -0.340 e. The SMILES string of the molecule is CC1CN(C(=O)CC(F)(F)F)CCS1. The Morgan fingerprint density at radius 3 is 2.71 bits per heavy atom. The Morgan fingerprint density at radius 2 is 2.21 bits per heavy atom. The average molecular weight is 227 g/mol. The normalized spacial score (nSPS) is 23.7. The van der Waals surface area contributed by atoms with Crippen molar-refractivity contribution in [2.24, 2.45) is 0 Å². The molecule has 1 unspecified atom stereocenters. The van der Waals surface area contributed by atoms with Gasteiger partial charge in [-0.25, -0.2) is 0 Å². The van der Waals surface area contributed by atoms with E-state index in [4.69, 9.17) is 0 Å². The fraction of sp³-hybridized carbons (Fsp3) is 0.875. The first kappa shape index (κ1) is 11.7. The molecule has 1 rings (SSSR count). The molecular weight excluding hydrogens is 215 g/mol. The summed E-state index contributed by atoms with van der Waals surface area (Å²) in [4.78, 5) is 12.5. The monoisotopic (exact) mass is 227 g/mol. The van der Waals surface area contributed by atoms with Gasteiger partial charge >= 0.3 is 6.18 Å². The van der Waals surface area contributed by atoms with E-state index in [1.165, 1.54) is 4.90 Å². The van der Waals surface area contributed by atoms with Gasteiger partial charge in [0, 0.05) is 24.1 Å². The molecule has 1 amide bonds. The van der Waals surface area contributed by atoms with Gasteiger partial charge in [0.05, 0.1) is 0 Å². The van der Waals surface area contributed by atoms with Gasteiger partial charge in [0.15, 0.2) is 0 Å². The van der Waals surface area contributed by atoms with Crippen LogP contribution in [0.2, 0.25) is 0 Å². The van der Waals surface area contributed by atoms with Gasteiger partial charge in [-0.3, -0.25) is 4.79 Å². The number of carbonyl (C=O) groups is 1. The molecular formula is C8H12F3NOS. The van der Waals surface area contributed by atoms with Crippen LogP contribution in [-0.2, 0) is 4.79 Å². The van der Waals surface area contributed by atoms with E-state index in [0.29, 0.717) is 13.1 Å². The summed E-state index contributed by atoms with van der Waals surface area (Å²) in [5, 5.41) is 0.237. The van der Waals surface area contributed by atoms with E-state index in [2.05, 4.69) is 0 Å². The van der Waals surface area contributed by atoms with E-state index in [9.17, 15) is 18.0 Å². The van der Waals surface area contributed by atoms with Crippen LogP contribution in [-0.4, -0.2) is 41.1 Å². The van der Waals surface area contributed by atoms with Gasteiger partial charge in [0.25, 0.3) is 0 Å². The maximum atomic E-state index is 11.9. The lowest BCUT2D eigenvalue weighted by molar-refractivity contribution is -0.161. The summed E-state index contributed by atoms with van der Waals surface area (Å²) in [6, 6.07) is 0. The molecule has 14 heavy (non-hydrogen) atoms. The van der Waals surface area contributed by atoms with E-state index >= 15 is 0 Å². The molecule has 0 aromatic rings. The van der Waals surface area contributed by atoms with Crippen molar-refractivity contribution in [3.8, 4) is 0 Å². The lowest BCUT2D eigenvalue weighted by Crippen LogP contribution is -2.42. The van der Waals surface area contributed by atoms with Gasteiger partial charge in [-0.2, -0.15) is 24.9 Å². The predicted octanol–water partition coefficient (Wildman–Crippen LogP) is 1.90. The molecule has 0 aromatic carbocycles. The highest BCUT2D eigenvalue weighted by Gasteiger charge is 2.34. The number of nitrogens with zero attached hydrogens (tertiary/aromatic N) is 1. The van der Waals surface area contributed by atoms with Crippen molar-refractivity contribution >= 4 is 17.7 Å². The molecule has 2 nitrogen and oxygen atoms in total. The fourth-order valence-electron chi connectivity index (χ4n) is 1.33. The number of hydrogen-bond acceptors (Lipinski definition) is 2. The van der Waals surface area contributed by atoms with Gasteiger partial charge in [0.2, 0.25) is 5.91 Å². The van der Waals surface area contributed by atoms with Crippen molar-refractivity contribution in [2.45, 2.75) is 24.8 Å². The Morgan fingerprint density at radius 1 is 1.57 bits per heavy atom. The molecule has 1 heterocycles. The lowest BCUT2D eigenvalue weighted by atomic mass is 10.3. The Labute approximate surface area is 84.8 Å². The Hall–Kier alpha value is -0.390. The molecule has 0 radical (unpaired) electrons. The third-order valence-electron chi connectivity index (χ3n) is 1.95. The van der Waals surface area contributed by atoms with Crippen LogP contribution in [0, 0.1) is 0 Å². The summed E-state index contributed by atoms with van der Waals surface area (Å²) in [6.45, 7) is 2.78. The van der Waals surface area contributed by atoms with Crippen LogP contribution < -0.4 is 0 Å². The van der Waals surface area contributed by atoms with Crippen molar-refractivity contribution in [1.29, 1.82) is 0 Å². The van der Waals surface area contributed by atoms with Gasteiger partial charge in [-0.05, 0) is 0 Å². The van der Waals surface area contributed by atoms with Crippen LogP contribution in [0.5, 0.6) is 0 Å². The number of halogens is 3. The lowest BCUT2D eigenvalue weighted by Gasteiger charge is -2.30. The predicted molar refractivity (Wildman–Crippen MR) is 49.2 cm³/mol. The Kier molecular flexibility index (Phi) is 3.69. The quantitative estimate of drug-likeness (QED) is 0.682. The molecule has 6 heteroatoms. The van der Waals surface area contributed by atoms with Gasteiger partial charge in [-0.1, -0.05) is 6.92 Å². The molecule has 1 atom stereocenters. The summed E-state index contributed by atoms with van der Waals surface area (Å²) in [5.74, 6) is -0.0743. The minimum absolute atomic E-state index is 0.237. The van der Waals surface area contributed by atoms with E-state index in [1.807, 2.05) is 6.92 Å². The third-order valence-corrected chi connectivity index (χ3v) is 3.08. The van der Waals surface area contributed by atoms with Crippen LogP contribution in [0.15, 0.2) is 0 Å². The molecule has 0 saturated carbocycles. The average Bonchev–Trinajstić information content (AvgIpc) is 2.01. The molecule has 1 saturated heterocycles. The molecule has 1 aliphatic heterocycles. The van der Waals surface area contributed by atoms with E-state index in [0.717, 1.165) is 5.75 Å². The molecule has 1 fully saturated rings. The Balaban J connectivity index is 2.44. The zero-order valence-electron chi connectivity index (χ0n) is 7.80. The fourth-order valence-corrected chi connectivity index (χ4v) is 2.34. The molecule has 0 aliphatic carbocycles. The summed E-state index contributed by atoms with van der Waals surface area (Å²) < 4.78 is 35.7. The summed E-state index contributed by atoms with van der Waals surface area (Å²) >= 11 is 1.68. The van der Waals surface area contributed by atoms with Crippen molar-refractivity contribution in [3.63, 3.8) is 0 Å². The number of alkyl halides is 3. The molecule has 0 spiro atoms. The van der Waals surface area contributed by atoms with Crippen molar-refractivity contribution in [1.82, 2.24) is 4.90 Å². The number of carbonyl (C=O) groups excluding carboxylic acids is 1. The standard InChI is InChI=1S/C8H12F3NOS/c1-6-5-12(2-3-14-6)7(13)4-8(9,10)11/h6H,2-5H2,1H3. The molecule has 1 aliphatic rings. The summed E-state index contributed by atoms with van der Waals surface area (Å²) in [7, 11) is 0. The van der Waals surface area contributed by atoms with Crippen molar-refractivity contribution in [2.75, 3.05) is 18.8 Å². The maximum absolute atomic E-state index is 11.9. The van der Waals surface area contributed by atoms with Crippen LogP contribution in [0.4, 0.5) is 13.2 Å². The number of amides is 1. The minimum atomic E-state index is -4.38. The summed E-state index contributed by atoms with van der Waals surface area (Å²) in [6.07, 6.45) is -5.71. The number of rotatable bonds is 1.